The maximum absolute atomic E-state index is 11.5. The minimum absolute atomic E-state index is 0.236. The second-order valence-corrected chi connectivity index (χ2v) is 6.32. The van der Waals surface area contributed by atoms with Gasteiger partial charge in [-0.25, -0.2) is 4.79 Å². The van der Waals surface area contributed by atoms with Gasteiger partial charge in [0, 0.05) is 0 Å². The number of carbonyl (C=O) groups is 2. The van der Waals surface area contributed by atoms with E-state index in [1.807, 2.05) is 30.3 Å². The summed E-state index contributed by atoms with van der Waals surface area (Å²) in [6, 6.07) is 21.3. The molecule has 0 amide bonds. The summed E-state index contributed by atoms with van der Waals surface area (Å²) in [5.41, 5.74) is 2.28. The third-order valence-corrected chi connectivity index (χ3v) is 4.36. The Kier molecular flexibility index (Phi) is 5.89. The van der Waals surface area contributed by atoms with E-state index in [1.165, 1.54) is 6.07 Å². The van der Waals surface area contributed by atoms with E-state index in [0.29, 0.717) is 29.9 Å². The minimum atomic E-state index is -0.985. The van der Waals surface area contributed by atoms with E-state index in [-0.39, 0.29) is 11.1 Å². The Labute approximate surface area is 162 Å². The van der Waals surface area contributed by atoms with E-state index >= 15 is 0 Å². The summed E-state index contributed by atoms with van der Waals surface area (Å²) in [5, 5.41) is 8.84. The highest BCUT2D eigenvalue weighted by Gasteiger charge is 2.14. The molecule has 3 rings (SSSR count). The van der Waals surface area contributed by atoms with Crippen LogP contribution in [0, 0.1) is 0 Å². The molecule has 0 aliphatic rings. The molecule has 27 heavy (non-hydrogen) atoms. The number of benzene rings is 3. The molecule has 4 nitrogen and oxygen atoms in total. The van der Waals surface area contributed by atoms with Crippen LogP contribution in [0.1, 0.15) is 31.8 Å². The van der Waals surface area contributed by atoms with E-state index in [4.69, 9.17) is 16.3 Å². The van der Waals surface area contributed by atoms with Crippen LogP contribution < -0.4 is 4.74 Å². The van der Waals surface area contributed by atoms with Crippen LogP contribution in [0.15, 0.2) is 72.8 Å². The van der Waals surface area contributed by atoms with Crippen LogP contribution in [-0.4, -0.2) is 16.3 Å². The average molecular weight is 381 g/mol. The number of aromatic carboxylic acids is 1. The fraction of sp³-hybridized carbons (Fsp3) is 0.0909. The van der Waals surface area contributed by atoms with Gasteiger partial charge in [0.2, 0.25) is 0 Å². The molecule has 3 aromatic carbocycles. The first-order chi connectivity index (χ1) is 13.0. The molecule has 0 aliphatic heterocycles. The molecule has 0 aromatic heterocycles. The Morgan fingerprint density at radius 3 is 2.26 bits per heavy atom. The standard InChI is InChI=1S/C22H17ClO4/c23-21(24)19-8-4-5-9-20(19)27-17-12-13-18(22(25)26)16(14-17)11-10-15-6-2-1-3-7-15/h1-9,12-14H,10-11H2,(H,25,26). The molecular formula is C22H17ClO4. The third-order valence-electron chi connectivity index (χ3n) is 4.16. The Balaban J connectivity index is 1.87. The van der Waals surface area contributed by atoms with Gasteiger partial charge in [-0.3, -0.25) is 4.79 Å². The van der Waals surface area contributed by atoms with Gasteiger partial charge in [0.15, 0.2) is 0 Å². The van der Waals surface area contributed by atoms with Crippen molar-refractivity contribution in [3.63, 3.8) is 0 Å². The summed E-state index contributed by atoms with van der Waals surface area (Å²) in [4.78, 5) is 23.1. The molecule has 0 saturated heterocycles. The molecule has 136 valence electrons. The van der Waals surface area contributed by atoms with Crippen LogP contribution in [0.3, 0.4) is 0 Å². The summed E-state index contributed by atoms with van der Waals surface area (Å²) < 4.78 is 5.80. The maximum atomic E-state index is 11.5. The number of ether oxygens (including phenoxy) is 1. The lowest BCUT2D eigenvalue weighted by molar-refractivity contribution is 0.0695. The second-order valence-electron chi connectivity index (χ2n) is 5.98. The maximum Gasteiger partial charge on any atom is 0.335 e. The number of aryl methyl sites for hydroxylation is 2. The van der Waals surface area contributed by atoms with Crippen molar-refractivity contribution in [2.75, 3.05) is 0 Å². The van der Waals surface area contributed by atoms with Gasteiger partial charge in [-0.2, -0.15) is 0 Å². The molecule has 0 radical (unpaired) electrons. The highest BCUT2D eigenvalue weighted by molar-refractivity contribution is 6.68. The molecule has 0 saturated carbocycles. The van der Waals surface area contributed by atoms with Crippen molar-refractivity contribution in [2.24, 2.45) is 0 Å². The number of carbonyl (C=O) groups excluding carboxylic acids is 1. The van der Waals surface area contributed by atoms with E-state index in [0.717, 1.165) is 5.56 Å². The van der Waals surface area contributed by atoms with Crippen molar-refractivity contribution >= 4 is 22.8 Å². The zero-order chi connectivity index (χ0) is 19.2. The molecule has 0 spiro atoms. The van der Waals surface area contributed by atoms with Crippen molar-refractivity contribution in [1.29, 1.82) is 0 Å². The largest absolute Gasteiger partial charge is 0.478 e. The van der Waals surface area contributed by atoms with Crippen LogP contribution in [-0.2, 0) is 12.8 Å². The number of rotatable bonds is 7. The smallest absolute Gasteiger partial charge is 0.335 e. The van der Waals surface area contributed by atoms with Crippen molar-refractivity contribution in [3.8, 4) is 11.5 Å². The second kappa shape index (κ2) is 8.52. The first kappa shape index (κ1) is 18.7. The highest BCUT2D eigenvalue weighted by atomic mass is 35.5. The summed E-state index contributed by atoms with van der Waals surface area (Å²) in [5.74, 6) is -0.205. The quantitative estimate of drug-likeness (QED) is 0.562. The van der Waals surface area contributed by atoms with Crippen LogP contribution in [0.4, 0.5) is 0 Å². The van der Waals surface area contributed by atoms with E-state index in [2.05, 4.69) is 0 Å². The number of hydrogen-bond acceptors (Lipinski definition) is 3. The van der Waals surface area contributed by atoms with Gasteiger partial charge in [0.05, 0.1) is 11.1 Å². The van der Waals surface area contributed by atoms with Crippen molar-refractivity contribution in [3.05, 3.63) is 95.1 Å². The van der Waals surface area contributed by atoms with E-state index < -0.39 is 11.2 Å². The van der Waals surface area contributed by atoms with Crippen LogP contribution in [0.5, 0.6) is 11.5 Å². The summed E-state index contributed by atoms with van der Waals surface area (Å²) in [6.45, 7) is 0. The molecule has 3 aromatic rings. The molecule has 0 bridgehead atoms. The fourth-order valence-corrected chi connectivity index (χ4v) is 2.97. The zero-order valence-corrected chi connectivity index (χ0v) is 15.1. The highest BCUT2D eigenvalue weighted by Crippen LogP contribution is 2.28. The summed E-state index contributed by atoms with van der Waals surface area (Å²) >= 11 is 5.59. The molecule has 5 heteroatoms. The predicted molar refractivity (Wildman–Crippen MR) is 104 cm³/mol. The number of carboxylic acids is 1. The Morgan fingerprint density at radius 2 is 1.56 bits per heavy atom. The lowest BCUT2D eigenvalue weighted by atomic mass is 9.99. The van der Waals surface area contributed by atoms with Crippen LogP contribution in [0.2, 0.25) is 0 Å². The Bertz CT molecular complexity index is 967. The Hall–Kier alpha value is -3.11. The van der Waals surface area contributed by atoms with Gasteiger partial charge in [0.1, 0.15) is 11.5 Å². The summed E-state index contributed by atoms with van der Waals surface area (Å²) in [6.07, 6.45) is 1.26. The molecule has 0 unspecified atom stereocenters. The third kappa shape index (κ3) is 4.74. The molecule has 0 heterocycles. The van der Waals surface area contributed by atoms with Gasteiger partial charge < -0.3 is 9.84 Å². The van der Waals surface area contributed by atoms with Crippen LogP contribution in [0.25, 0.3) is 0 Å². The Morgan fingerprint density at radius 1 is 0.852 bits per heavy atom. The number of para-hydroxylation sites is 1. The minimum Gasteiger partial charge on any atom is -0.478 e. The molecule has 0 atom stereocenters. The predicted octanol–water partition coefficient (Wildman–Crippen LogP) is 5.34. The number of carboxylic acid groups (broad SMARTS) is 1. The molecule has 0 fully saturated rings. The number of hydrogen-bond donors (Lipinski definition) is 1. The average Bonchev–Trinajstić information content (AvgIpc) is 2.67. The first-order valence-electron chi connectivity index (χ1n) is 8.41. The topological polar surface area (TPSA) is 63.6 Å². The fourth-order valence-electron chi connectivity index (χ4n) is 2.82. The van der Waals surface area contributed by atoms with Crippen molar-refractivity contribution in [2.45, 2.75) is 12.8 Å². The van der Waals surface area contributed by atoms with Gasteiger partial charge in [-0.1, -0.05) is 42.5 Å². The SMILES string of the molecule is O=C(O)c1ccc(Oc2ccccc2C(=O)Cl)cc1CCc1ccccc1. The van der Waals surface area contributed by atoms with Gasteiger partial charge in [0.25, 0.3) is 5.24 Å². The summed E-state index contributed by atoms with van der Waals surface area (Å²) in [7, 11) is 0. The lowest BCUT2D eigenvalue weighted by Crippen LogP contribution is -2.04. The number of halogens is 1. The van der Waals surface area contributed by atoms with Gasteiger partial charge in [-0.15, -0.1) is 0 Å². The zero-order valence-electron chi connectivity index (χ0n) is 14.4. The normalized spacial score (nSPS) is 10.4. The molecule has 1 N–H and O–H groups in total. The van der Waals surface area contributed by atoms with Gasteiger partial charge >= 0.3 is 5.97 Å². The molecule has 0 aliphatic carbocycles. The van der Waals surface area contributed by atoms with Crippen LogP contribution >= 0.6 is 11.6 Å². The van der Waals surface area contributed by atoms with Crippen molar-refractivity contribution < 1.29 is 19.4 Å². The lowest BCUT2D eigenvalue weighted by Gasteiger charge is -2.12. The first-order valence-corrected chi connectivity index (χ1v) is 8.79. The van der Waals surface area contributed by atoms with Gasteiger partial charge in [-0.05, 0) is 65.9 Å². The van der Waals surface area contributed by atoms with E-state index in [9.17, 15) is 14.7 Å². The van der Waals surface area contributed by atoms with Crippen molar-refractivity contribution in [1.82, 2.24) is 0 Å². The van der Waals surface area contributed by atoms with E-state index in [1.54, 1.807) is 36.4 Å². The monoisotopic (exact) mass is 380 g/mol. The molecular weight excluding hydrogens is 364 g/mol.